The van der Waals surface area contributed by atoms with Crippen molar-refractivity contribution in [2.45, 2.75) is 18.9 Å². The van der Waals surface area contributed by atoms with Crippen LogP contribution in [0, 0.1) is 11.7 Å². The molecule has 1 aliphatic rings. The predicted molar refractivity (Wildman–Crippen MR) is 90.4 cm³/mol. The van der Waals surface area contributed by atoms with Gasteiger partial charge in [0.2, 0.25) is 0 Å². The van der Waals surface area contributed by atoms with Crippen LogP contribution in [0.4, 0.5) is 4.39 Å². The van der Waals surface area contributed by atoms with E-state index in [-0.39, 0.29) is 17.8 Å². The van der Waals surface area contributed by atoms with Gasteiger partial charge in [0.15, 0.2) is 0 Å². The summed E-state index contributed by atoms with van der Waals surface area (Å²) in [6, 6.07) is 12.0. The normalized spacial score (nSPS) is 21.1. The molecule has 0 aliphatic carbocycles. The number of ether oxygens (including phenoxy) is 1. The number of aliphatic hydroxyl groups is 1. The molecule has 5 heteroatoms. The molecule has 2 heterocycles. The average molecular weight is 330 g/mol. The van der Waals surface area contributed by atoms with E-state index in [1.807, 2.05) is 18.2 Å². The molecule has 0 amide bonds. The van der Waals surface area contributed by atoms with Gasteiger partial charge in [0.1, 0.15) is 11.6 Å². The van der Waals surface area contributed by atoms with Gasteiger partial charge in [-0.05, 0) is 49.2 Å². The van der Waals surface area contributed by atoms with E-state index in [9.17, 15) is 9.50 Å². The Balaban J connectivity index is 1.38. The van der Waals surface area contributed by atoms with Gasteiger partial charge in [-0.1, -0.05) is 6.07 Å². The SMILES string of the molecule is O[C@@H]1CN(CCCOc2ccc(F)cc2)C[C@H]1Cc1ccccn1. The molecular formula is C19H23FN2O2. The molecule has 1 saturated heterocycles. The van der Waals surface area contributed by atoms with E-state index < -0.39 is 0 Å². The zero-order chi connectivity index (χ0) is 16.8. The van der Waals surface area contributed by atoms with Crippen LogP contribution in [0.5, 0.6) is 5.75 Å². The van der Waals surface area contributed by atoms with Crippen LogP contribution < -0.4 is 4.74 Å². The van der Waals surface area contributed by atoms with Gasteiger partial charge in [-0.2, -0.15) is 0 Å². The molecule has 1 aromatic heterocycles. The van der Waals surface area contributed by atoms with Crippen molar-refractivity contribution < 1.29 is 14.2 Å². The number of hydrogen-bond donors (Lipinski definition) is 1. The molecule has 1 aliphatic heterocycles. The summed E-state index contributed by atoms with van der Waals surface area (Å²) >= 11 is 0. The van der Waals surface area contributed by atoms with Gasteiger partial charge >= 0.3 is 0 Å². The van der Waals surface area contributed by atoms with E-state index in [1.54, 1.807) is 18.3 Å². The number of aromatic nitrogens is 1. The van der Waals surface area contributed by atoms with Crippen LogP contribution in [0.25, 0.3) is 0 Å². The summed E-state index contributed by atoms with van der Waals surface area (Å²) in [6.45, 7) is 3.06. The fraction of sp³-hybridized carbons (Fsp3) is 0.421. The van der Waals surface area contributed by atoms with E-state index >= 15 is 0 Å². The Kier molecular flexibility index (Phi) is 5.77. The lowest BCUT2D eigenvalue weighted by Crippen LogP contribution is -2.24. The van der Waals surface area contributed by atoms with E-state index in [4.69, 9.17) is 4.74 Å². The molecule has 128 valence electrons. The van der Waals surface area contributed by atoms with E-state index in [0.717, 1.165) is 31.6 Å². The number of aliphatic hydroxyl groups excluding tert-OH is 1. The van der Waals surface area contributed by atoms with Gasteiger partial charge in [-0.25, -0.2) is 4.39 Å². The Morgan fingerprint density at radius 3 is 2.75 bits per heavy atom. The third-order valence-corrected chi connectivity index (χ3v) is 4.38. The molecular weight excluding hydrogens is 307 g/mol. The fourth-order valence-electron chi connectivity index (χ4n) is 3.12. The van der Waals surface area contributed by atoms with Crippen LogP contribution in [-0.4, -0.2) is 47.3 Å². The summed E-state index contributed by atoms with van der Waals surface area (Å²) in [6.07, 6.45) is 3.18. The van der Waals surface area contributed by atoms with Gasteiger partial charge in [-0.15, -0.1) is 0 Å². The Hall–Kier alpha value is -1.98. The number of halogens is 1. The predicted octanol–water partition coefficient (Wildman–Crippen LogP) is 2.53. The van der Waals surface area contributed by atoms with Crippen molar-refractivity contribution in [2.24, 2.45) is 5.92 Å². The standard InChI is InChI=1S/C19H23FN2O2/c20-16-5-7-18(8-6-16)24-11-3-10-22-13-15(19(23)14-22)12-17-4-1-2-9-21-17/h1-2,4-9,15,19,23H,3,10-14H2/t15-,19-/m1/s1. The Morgan fingerprint density at radius 2 is 2.00 bits per heavy atom. The number of benzene rings is 1. The highest BCUT2D eigenvalue weighted by molar-refractivity contribution is 5.21. The minimum Gasteiger partial charge on any atom is -0.494 e. The van der Waals surface area contributed by atoms with Crippen LogP contribution in [0.3, 0.4) is 0 Å². The summed E-state index contributed by atoms with van der Waals surface area (Å²) in [5.41, 5.74) is 1.03. The maximum absolute atomic E-state index is 12.8. The molecule has 0 spiro atoms. The van der Waals surface area contributed by atoms with E-state index in [0.29, 0.717) is 18.9 Å². The summed E-state index contributed by atoms with van der Waals surface area (Å²) < 4.78 is 18.4. The molecule has 2 atom stereocenters. The minimum absolute atomic E-state index is 0.234. The van der Waals surface area contributed by atoms with E-state index in [1.165, 1.54) is 12.1 Å². The molecule has 4 nitrogen and oxygen atoms in total. The van der Waals surface area contributed by atoms with Crippen LogP contribution in [0.1, 0.15) is 12.1 Å². The average Bonchev–Trinajstić information content (AvgIpc) is 2.94. The maximum atomic E-state index is 12.8. The molecule has 0 saturated carbocycles. The first-order valence-corrected chi connectivity index (χ1v) is 8.39. The molecule has 3 rings (SSSR count). The Bertz CT molecular complexity index is 621. The first kappa shape index (κ1) is 16.9. The van der Waals surface area contributed by atoms with Gasteiger partial charge in [0.25, 0.3) is 0 Å². The molecule has 1 aromatic carbocycles. The van der Waals surface area contributed by atoms with Gasteiger partial charge in [0.05, 0.1) is 12.7 Å². The molecule has 0 bridgehead atoms. The van der Waals surface area contributed by atoms with Gasteiger partial charge < -0.3 is 14.7 Å². The number of rotatable bonds is 7. The maximum Gasteiger partial charge on any atom is 0.123 e. The van der Waals surface area contributed by atoms with Crippen molar-refractivity contribution in [3.8, 4) is 5.75 Å². The Labute approximate surface area is 141 Å². The van der Waals surface area contributed by atoms with Crippen molar-refractivity contribution in [2.75, 3.05) is 26.2 Å². The molecule has 2 aromatic rings. The highest BCUT2D eigenvalue weighted by atomic mass is 19.1. The topological polar surface area (TPSA) is 45.6 Å². The first-order chi connectivity index (χ1) is 11.7. The minimum atomic E-state index is -0.301. The summed E-state index contributed by atoms with van der Waals surface area (Å²) in [5, 5.41) is 10.2. The van der Waals surface area contributed by atoms with Gasteiger partial charge in [0, 0.05) is 37.4 Å². The third kappa shape index (κ3) is 4.76. The summed E-state index contributed by atoms with van der Waals surface area (Å²) in [7, 11) is 0. The molecule has 0 unspecified atom stereocenters. The fourth-order valence-corrected chi connectivity index (χ4v) is 3.12. The molecule has 1 fully saturated rings. The zero-order valence-electron chi connectivity index (χ0n) is 13.6. The quantitative estimate of drug-likeness (QED) is 0.793. The van der Waals surface area contributed by atoms with Crippen molar-refractivity contribution in [1.29, 1.82) is 0 Å². The van der Waals surface area contributed by atoms with Crippen molar-refractivity contribution >= 4 is 0 Å². The lowest BCUT2D eigenvalue weighted by atomic mass is 10.00. The Morgan fingerprint density at radius 1 is 1.17 bits per heavy atom. The molecule has 0 radical (unpaired) electrons. The lowest BCUT2D eigenvalue weighted by Gasteiger charge is -2.15. The number of pyridine rings is 1. The largest absolute Gasteiger partial charge is 0.494 e. The molecule has 1 N–H and O–H groups in total. The van der Waals surface area contributed by atoms with E-state index in [2.05, 4.69) is 9.88 Å². The van der Waals surface area contributed by atoms with Crippen LogP contribution in [-0.2, 0) is 6.42 Å². The number of β-amino-alcohol motifs (C(OH)–C–C–N with tert-alkyl or cyclic N) is 1. The monoisotopic (exact) mass is 330 g/mol. The number of hydrogen-bond acceptors (Lipinski definition) is 4. The third-order valence-electron chi connectivity index (χ3n) is 4.38. The second-order valence-corrected chi connectivity index (χ2v) is 6.27. The van der Waals surface area contributed by atoms with Crippen molar-refractivity contribution in [3.63, 3.8) is 0 Å². The van der Waals surface area contributed by atoms with Crippen LogP contribution in [0.2, 0.25) is 0 Å². The molecule has 24 heavy (non-hydrogen) atoms. The van der Waals surface area contributed by atoms with Crippen molar-refractivity contribution in [1.82, 2.24) is 9.88 Å². The summed E-state index contributed by atoms with van der Waals surface area (Å²) in [5.74, 6) is 0.663. The highest BCUT2D eigenvalue weighted by Gasteiger charge is 2.31. The zero-order valence-corrected chi connectivity index (χ0v) is 13.6. The number of likely N-dealkylation sites (tertiary alicyclic amines) is 1. The second-order valence-electron chi connectivity index (χ2n) is 6.27. The van der Waals surface area contributed by atoms with Crippen molar-refractivity contribution in [3.05, 3.63) is 60.2 Å². The smallest absolute Gasteiger partial charge is 0.123 e. The lowest BCUT2D eigenvalue weighted by molar-refractivity contribution is 0.140. The van der Waals surface area contributed by atoms with Crippen LogP contribution >= 0.6 is 0 Å². The van der Waals surface area contributed by atoms with Crippen LogP contribution in [0.15, 0.2) is 48.7 Å². The second kappa shape index (κ2) is 8.22. The number of nitrogens with zero attached hydrogens (tertiary/aromatic N) is 2. The van der Waals surface area contributed by atoms with Gasteiger partial charge in [-0.3, -0.25) is 4.98 Å². The summed E-state index contributed by atoms with van der Waals surface area (Å²) in [4.78, 5) is 6.61. The highest BCUT2D eigenvalue weighted by Crippen LogP contribution is 2.21. The first-order valence-electron chi connectivity index (χ1n) is 8.39.